The van der Waals surface area contributed by atoms with Gasteiger partial charge < -0.3 is 14.8 Å². The van der Waals surface area contributed by atoms with Crippen LogP contribution in [-0.2, 0) is 16.1 Å². The highest BCUT2D eigenvalue weighted by atomic mass is 16.5. The number of hydrogen-bond donors (Lipinski definition) is 1. The Balaban J connectivity index is 1.18. The van der Waals surface area contributed by atoms with Crippen molar-refractivity contribution in [3.8, 4) is 23.0 Å². The Kier molecular flexibility index (Phi) is 4.89. The molecule has 1 aliphatic heterocycles. The average Bonchev–Trinajstić information content (AvgIpc) is 3.33. The molecule has 5 nitrogen and oxygen atoms in total. The Morgan fingerprint density at radius 3 is 2.45 bits per heavy atom. The molecule has 0 atom stereocenters. The monoisotopic (exact) mass is 409 g/mol. The summed E-state index contributed by atoms with van der Waals surface area (Å²) >= 11 is 0. The van der Waals surface area contributed by atoms with Crippen LogP contribution in [0.1, 0.15) is 38.5 Å². The van der Waals surface area contributed by atoms with E-state index in [2.05, 4.69) is 41.4 Å². The molecule has 0 saturated heterocycles. The maximum atomic E-state index is 12.2. The normalized spacial score (nSPS) is 13.4. The minimum absolute atomic E-state index is 0.0283. The van der Waals surface area contributed by atoms with Crippen LogP contribution in [0.2, 0.25) is 0 Å². The Morgan fingerprint density at radius 1 is 1.00 bits per heavy atom. The van der Waals surface area contributed by atoms with Gasteiger partial charge in [-0.15, -0.1) is 0 Å². The van der Waals surface area contributed by atoms with Crippen LogP contribution in [0.3, 0.4) is 0 Å². The van der Waals surface area contributed by atoms with Gasteiger partial charge in [-0.05, 0) is 40.5 Å². The predicted molar refractivity (Wildman–Crippen MR) is 116 cm³/mol. The van der Waals surface area contributed by atoms with Gasteiger partial charge in [0.15, 0.2) is 0 Å². The van der Waals surface area contributed by atoms with Crippen molar-refractivity contribution in [1.29, 1.82) is 0 Å². The summed E-state index contributed by atoms with van der Waals surface area (Å²) in [6.45, 7) is 0.719. The van der Waals surface area contributed by atoms with Crippen molar-refractivity contribution in [2.75, 3.05) is 13.2 Å². The predicted octanol–water partition coefficient (Wildman–Crippen LogP) is 4.25. The zero-order chi connectivity index (χ0) is 21.2. The summed E-state index contributed by atoms with van der Waals surface area (Å²) in [6, 6.07) is 21.8. The van der Waals surface area contributed by atoms with Gasteiger partial charge in [0, 0.05) is 17.0 Å². The fourth-order valence-corrected chi connectivity index (χ4v) is 4.12. The van der Waals surface area contributed by atoms with E-state index < -0.39 is 6.09 Å². The molecular weight excluding hydrogens is 390 g/mol. The number of alkyl carbamates (subject to hydrolysis) is 1. The molecule has 0 aromatic heterocycles. The highest BCUT2D eigenvalue weighted by molar-refractivity contribution is 5.93. The SMILES string of the molecule is O=C(NCC#Cc1ccc2c(c1)COC2=O)OCC1c2ccccc2-c2ccccc21. The maximum absolute atomic E-state index is 12.2. The quantitative estimate of drug-likeness (QED) is 0.519. The van der Waals surface area contributed by atoms with Crippen LogP contribution in [-0.4, -0.2) is 25.2 Å². The van der Waals surface area contributed by atoms with Crippen LogP contribution in [0.25, 0.3) is 11.1 Å². The molecule has 1 N–H and O–H groups in total. The molecule has 0 radical (unpaired) electrons. The van der Waals surface area contributed by atoms with E-state index in [9.17, 15) is 9.59 Å². The van der Waals surface area contributed by atoms with Crippen LogP contribution in [0.5, 0.6) is 0 Å². The first-order chi connectivity index (χ1) is 15.2. The van der Waals surface area contributed by atoms with E-state index in [-0.39, 0.29) is 31.6 Å². The van der Waals surface area contributed by atoms with Crippen molar-refractivity contribution in [1.82, 2.24) is 5.32 Å². The van der Waals surface area contributed by atoms with Crippen LogP contribution < -0.4 is 5.32 Å². The molecule has 152 valence electrons. The lowest BCUT2D eigenvalue weighted by Gasteiger charge is -2.14. The van der Waals surface area contributed by atoms with Gasteiger partial charge in [0.25, 0.3) is 0 Å². The summed E-state index contributed by atoms with van der Waals surface area (Å²) in [5.41, 5.74) is 6.93. The molecule has 1 aliphatic carbocycles. The molecule has 1 heterocycles. The first kappa shape index (κ1) is 19.0. The Morgan fingerprint density at radius 2 is 1.71 bits per heavy atom. The molecular formula is C26H19NO4. The summed E-state index contributed by atoms with van der Waals surface area (Å²) in [7, 11) is 0. The molecule has 1 amide bonds. The summed E-state index contributed by atoms with van der Waals surface area (Å²) in [5, 5.41) is 2.67. The van der Waals surface area contributed by atoms with E-state index in [0.717, 1.165) is 11.1 Å². The van der Waals surface area contributed by atoms with Gasteiger partial charge in [-0.3, -0.25) is 0 Å². The average molecular weight is 409 g/mol. The number of fused-ring (bicyclic) bond motifs is 4. The number of cyclic esters (lactones) is 1. The minimum atomic E-state index is -0.496. The molecule has 0 bridgehead atoms. The number of carbonyl (C=O) groups excluding carboxylic acids is 2. The molecule has 2 aliphatic rings. The summed E-state index contributed by atoms with van der Waals surface area (Å²) < 4.78 is 10.5. The number of rotatable bonds is 3. The van der Waals surface area contributed by atoms with Crippen LogP contribution in [0, 0.1) is 11.8 Å². The third-order valence-electron chi connectivity index (χ3n) is 5.58. The number of amides is 1. The van der Waals surface area contributed by atoms with E-state index in [1.165, 1.54) is 22.3 Å². The molecule has 0 saturated carbocycles. The summed E-state index contributed by atoms with van der Waals surface area (Å²) in [6.07, 6.45) is -0.496. The molecule has 0 unspecified atom stereocenters. The molecule has 3 aromatic carbocycles. The second kappa shape index (κ2) is 8.00. The smallest absolute Gasteiger partial charge is 0.407 e. The standard InChI is InChI=1S/C26H19NO4/c28-25-19-12-11-17(14-18(19)15-30-25)6-5-13-27-26(29)31-16-24-22-9-3-1-7-20(22)21-8-2-4-10-23(21)24/h1-4,7-12,14,24H,13,15-16H2,(H,27,29). The van der Waals surface area contributed by atoms with Gasteiger partial charge in [0.1, 0.15) is 13.2 Å². The molecule has 0 spiro atoms. The minimum Gasteiger partial charge on any atom is -0.457 e. The lowest BCUT2D eigenvalue weighted by Crippen LogP contribution is -2.26. The summed E-state index contributed by atoms with van der Waals surface area (Å²) in [4.78, 5) is 23.7. The Bertz CT molecular complexity index is 1210. The number of benzene rings is 3. The van der Waals surface area contributed by atoms with Crippen molar-refractivity contribution in [3.05, 3.63) is 94.5 Å². The molecule has 3 aromatic rings. The summed E-state index contributed by atoms with van der Waals surface area (Å²) in [5.74, 6) is 5.62. The van der Waals surface area contributed by atoms with Gasteiger partial charge in [-0.25, -0.2) is 9.59 Å². The van der Waals surface area contributed by atoms with Crippen molar-refractivity contribution >= 4 is 12.1 Å². The Hall–Kier alpha value is -4.04. The van der Waals surface area contributed by atoms with Crippen molar-refractivity contribution in [2.24, 2.45) is 0 Å². The van der Waals surface area contributed by atoms with Crippen LogP contribution >= 0.6 is 0 Å². The largest absolute Gasteiger partial charge is 0.457 e. The fraction of sp³-hybridized carbons (Fsp3) is 0.154. The van der Waals surface area contributed by atoms with E-state index in [1.54, 1.807) is 12.1 Å². The number of carbonyl (C=O) groups is 2. The fourth-order valence-electron chi connectivity index (χ4n) is 4.12. The lowest BCUT2D eigenvalue weighted by molar-refractivity contribution is 0.0535. The second-order valence-corrected chi connectivity index (χ2v) is 7.43. The van der Waals surface area contributed by atoms with E-state index in [0.29, 0.717) is 5.56 Å². The molecule has 0 fully saturated rings. The third kappa shape index (κ3) is 3.64. The molecule has 5 rings (SSSR count). The van der Waals surface area contributed by atoms with E-state index >= 15 is 0 Å². The van der Waals surface area contributed by atoms with Crippen LogP contribution in [0.4, 0.5) is 4.79 Å². The number of hydrogen-bond acceptors (Lipinski definition) is 4. The zero-order valence-electron chi connectivity index (χ0n) is 16.7. The number of nitrogens with one attached hydrogen (secondary N) is 1. The maximum Gasteiger partial charge on any atom is 0.407 e. The van der Waals surface area contributed by atoms with Gasteiger partial charge in [-0.2, -0.15) is 0 Å². The first-order valence-corrected chi connectivity index (χ1v) is 10.1. The van der Waals surface area contributed by atoms with Gasteiger partial charge in [0.05, 0.1) is 12.1 Å². The van der Waals surface area contributed by atoms with Crippen molar-refractivity contribution in [2.45, 2.75) is 12.5 Å². The van der Waals surface area contributed by atoms with E-state index in [1.807, 2.05) is 30.3 Å². The lowest BCUT2D eigenvalue weighted by atomic mass is 9.98. The number of ether oxygens (including phenoxy) is 2. The number of esters is 1. The van der Waals surface area contributed by atoms with Crippen LogP contribution in [0.15, 0.2) is 66.7 Å². The van der Waals surface area contributed by atoms with Gasteiger partial charge in [0.2, 0.25) is 0 Å². The molecule has 5 heteroatoms. The topological polar surface area (TPSA) is 64.6 Å². The zero-order valence-corrected chi connectivity index (χ0v) is 16.7. The van der Waals surface area contributed by atoms with Gasteiger partial charge in [-0.1, -0.05) is 60.4 Å². The highest BCUT2D eigenvalue weighted by Gasteiger charge is 2.28. The van der Waals surface area contributed by atoms with Gasteiger partial charge >= 0.3 is 12.1 Å². The second-order valence-electron chi connectivity index (χ2n) is 7.43. The van der Waals surface area contributed by atoms with Crippen molar-refractivity contribution in [3.63, 3.8) is 0 Å². The Labute approximate surface area is 180 Å². The van der Waals surface area contributed by atoms with Crippen molar-refractivity contribution < 1.29 is 19.1 Å². The highest BCUT2D eigenvalue weighted by Crippen LogP contribution is 2.44. The van der Waals surface area contributed by atoms with E-state index in [4.69, 9.17) is 9.47 Å². The first-order valence-electron chi connectivity index (χ1n) is 10.1. The third-order valence-corrected chi connectivity index (χ3v) is 5.58. The molecule has 31 heavy (non-hydrogen) atoms.